The number of carbonyl (C=O) groups is 3. The molecule has 0 aliphatic rings. The summed E-state index contributed by atoms with van der Waals surface area (Å²) in [5.41, 5.74) is -0.697. The monoisotopic (exact) mass is 287 g/mol. The highest BCUT2D eigenvalue weighted by molar-refractivity contribution is 5.82. The Morgan fingerprint density at radius 3 is 2.35 bits per heavy atom. The third-order valence-corrected chi connectivity index (χ3v) is 2.07. The normalized spacial score (nSPS) is 12.8. The Bertz CT molecular complexity index is 383. The molecule has 20 heavy (non-hydrogen) atoms. The summed E-state index contributed by atoms with van der Waals surface area (Å²) in [6.07, 6.45) is 2.34. The number of nitrogens with one attached hydrogen (secondary N) is 1. The zero-order valence-electron chi connectivity index (χ0n) is 12.1. The van der Waals surface area contributed by atoms with Crippen LogP contribution in [0.5, 0.6) is 0 Å². The van der Waals surface area contributed by atoms with Crippen molar-refractivity contribution in [3.8, 4) is 0 Å². The minimum absolute atomic E-state index is 0.141. The number of esters is 1. The molecule has 0 fully saturated rings. The highest BCUT2D eigenvalue weighted by Gasteiger charge is 2.23. The van der Waals surface area contributed by atoms with Crippen molar-refractivity contribution in [1.82, 2.24) is 5.32 Å². The number of alkyl carbamates (subject to hydrolysis) is 1. The second-order valence-electron chi connectivity index (χ2n) is 5.04. The Labute approximate surface area is 117 Å². The molecule has 0 aromatic heterocycles. The molecule has 7 heteroatoms. The predicted octanol–water partition coefficient (Wildman–Crippen LogP) is 1.47. The van der Waals surface area contributed by atoms with E-state index in [9.17, 15) is 14.4 Å². The van der Waals surface area contributed by atoms with Gasteiger partial charge >= 0.3 is 18.0 Å². The molecule has 2 N–H and O–H groups in total. The molecule has 0 spiro atoms. The second kappa shape index (κ2) is 8.19. The van der Waals surface area contributed by atoms with Gasteiger partial charge in [-0.2, -0.15) is 0 Å². The van der Waals surface area contributed by atoms with Crippen molar-refractivity contribution in [3.63, 3.8) is 0 Å². The van der Waals surface area contributed by atoms with E-state index in [1.54, 1.807) is 20.8 Å². The molecule has 0 saturated carbocycles. The molecule has 7 nitrogen and oxygen atoms in total. The molecule has 0 unspecified atom stereocenters. The minimum atomic E-state index is -1.16. The van der Waals surface area contributed by atoms with Gasteiger partial charge in [-0.05, 0) is 33.6 Å². The van der Waals surface area contributed by atoms with Gasteiger partial charge in [0.25, 0.3) is 0 Å². The van der Waals surface area contributed by atoms with Gasteiger partial charge in [0.05, 0.1) is 7.11 Å². The van der Waals surface area contributed by atoms with Gasteiger partial charge in [0.2, 0.25) is 0 Å². The summed E-state index contributed by atoms with van der Waals surface area (Å²) in [5.74, 6) is -1.68. The maximum absolute atomic E-state index is 11.5. The number of carboxylic acids is 1. The van der Waals surface area contributed by atoms with Gasteiger partial charge in [-0.1, -0.05) is 6.08 Å². The van der Waals surface area contributed by atoms with Crippen LogP contribution in [0.25, 0.3) is 0 Å². The summed E-state index contributed by atoms with van der Waals surface area (Å²) in [6, 6.07) is -1.08. The van der Waals surface area contributed by atoms with Crippen LogP contribution < -0.4 is 5.32 Å². The van der Waals surface area contributed by atoms with Crippen LogP contribution in [0.3, 0.4) is 0 Å². The minimum Gasteiger partial charge on any atom is -0.480 e. The first-order valence-corrected chi connectivity index (χ1v) is 6.12. The van der Waals surface area contributed by atoms with E-state index < -0.39 is 29.7 Å². The van der Waals surface area contributed by atoms with E-state index in [4.69, 9.17) is 9.84 Å². The molecule has 0 aliphatic heterocycles. The van der Waals surface area contributed by atoms with Crippen LogP contribution >= 0.6 is 0 Å². The van der Waals surface area contributed by atoms with Crippen LogP contribution in [0, 0.1) is 0 Å². The first-order chi connectivity index (χ1) is 9.15. The lowest BCUT2D eigenvalue weighted by atomic mass is 10.1. The fourth-order valence-electron chi connectivity index (χ4n) is 1.22. The Balaban J connectivity index is 4.31. The average molecular weight is 287 g/mol. The Morgan fingerprint density at radius 2 is 1.90 bits per heavy atom. The smallest absolute Gasteiger partial charge is 0.408 e. The fourth-order valence-corrected chi connectivity index (χ4v) is 1.22. The molecular weight excluding hydrogens is 266 g/mol. The predicted molar refractivity (Wildman–Crippen MR) is 71.2 cm³/mol. The van der Waals surface area contributed by atoms with Crippen molar-refractivity contribution in [3.05, 3.63) is 12.2 Å². The summed E-state index contributed by atoms with van der Waals surface area (Å²) in [7, 11) is 1.25. The number of methoxy groups -OCH3 is 1. The van der Waals surface area contributed by atoms with E-state index in [0.717, 1.165) is 0 Å². The third kappa shape index (κ3) is 8.96. The van der Waals surface area contributed by atoms with Crippen molar-refractivity contribution in [2.75, 3.05) is 7.11 Å². The van der Waals surface area contributed by atoms with Crippen molar-refractivity contribution in [2.45, 2.75) is 45.3 Å². The van der Waals surface area contributed by atoms with Crippen molar-refractivity contribution < 1.29 is 29.0 Å². The molecule has 0 radical (unpaired) electrons. The van der Waals surface area contributed by atoms with E-state index in [2.05, 4.69) is 10.1 Å². The summed E-state index contributed by atoms with van der Waals surface area (Å²) >= 11 is 0. The van der Waals surface area contributed by atoms with E-state index in [-0.39, 0.29) is 6.42 Å². The summed E-state index contributed by atoms with van der Waals surface area (Å²) in [4.78, 5) is 33.3. The molecule has 0 saturated heterocycles. The third-order valence-electron chi connectivity index (χ3n) is 2.07. The van der Waals surface area contributed by atoms with Crippen molar-refractivity contribution in [1.29, 1.82) is 0 Å². The van der Waals surface area contributed by atoms with E-state index in [0.29, 0.717) is 6.42 Å². The average Bonchev–Trinajstić information content (AvgIpc) is 2.29. The topological polar surface area (TPSA) is 102 Å². The number of carbonyl (C=O) groups excluding carboxylic acids is 2. The number of hydrogen-bond donors (Lipinski definition) is 2. The molecular formula is C13H21NO6. The van der Waals surface area contributed by atoms with Gasteiger partial charge in [-0.3, -0.25) is 0 Å². The van der Waals surface area contributed by atoms with Crippen molar-refractivity contribution in [2.24, 2.45) is 0 Å². The number of hydrogen-bond acceptors (Lipinski definition) is 5. The lowest BCUT2D eigenvalue weighted by molar-refractivity contribution is -0.139. The standard InChI is InChI=1S/C13H21NO6/c1-13(2,3)20-12(18)14-9(11(16)17)7-5-6-8-10(15)19-4/h6,8-9H,5,7H2,1-4H3,(H,14,18)(H,16,17)/b8-6+/t9-/m0/s1. The Morgan fingerprint density at radius 1 is 1.30 bits per heavy atom. The Kier molecular flexibility index (Phi) is 7.35. The summed E-state index contributed by atoms with van der Waals surface area (Å²) in [6.45, 7) is 5.05. The Hall–Kier alpha value is -2.05. The quantitative estimate of drug-likeness (QED) is 0.566. The van der Waals surface area contributed by atoms with Crippen LogP contribution in [0.15, 0.2) is 12.2 Å². The number of ether oxygens (including phenoxy) is 2. The molecule has 0 aromatic rings. The van der Waals surface area contributed by atoms with Gasteiger partial charge in [-0.15, -0.1) is 0 Å². The van der Waals surface area contributed by atoms with Crippen LogP contribution in [-0.4, -0.2) is 41.9 Å². The molecule has 0 heterocycles. The van der Waals surface area contributed by atoms with Gasteiger partial charge in [0, 0.05) is 6.08 Å². The van der Waals surface area contributed by atoms with Gasteiger partial charge in [0.15, 0.2) is 0 Å². The first kappa shape index (κ1) is 17.9. The maximum atomic E-state index is 11.5. The highest BCUT2D eigenvalue weighted by atomic mass is 16.6. The molecule has 1 atom stereocenters. The van der Waals surface area contributed by atoms with Gasteiger partial charge in [-0.25, -0.2) is 14.4 Å². The van der Waals surface area contributed by atoms with Gasteiger partial charge < -0.3 is 19.9 Å². The lowest BCUT2D eigenvalue weighted by Gasteiger charge is -2.21. The molecule has 0 rings (SSSR count). The molecule has 0 bridgehead atoms. The maximum Gasteiger partial charge on any atom is 0.408 e. The molecule has 0 aliphatic carbocycles. The number of carboxylic acid groups (broad SMARTS) is 1. The number of aliphatic carboxylic acids is 1. The number of allylic oxidation sites excluding steroid dienone is 1. The SMILES string of the molecule is COC(=O)/C=C/CC[C@H](NC(=O)OC(C)(C)C)C(=O)O. The number of amides is 1. The second-order valence-corrected chi connectivity index (χ2v) is 5.04. The van der Waals surface area contributed by atoms with Crippen LogP contribution in [0.1, 0.15) is 33.6 Å². The molecule has 114 valence electrons. The first-order valence-electron chi connectivity index (χ1n) is 6.12. The fraction of sp³-hybridized carbons (Fsp3) is 0.615. The van der Waals surface area contributed by atoms with Crippen LogP contribution in [0.4, 0.5) is 4.79 Å². The largest absolute Gasteiger partial charge is 0.480 e. The highest BCUT2D eigenvalue weighted by Crippen LogP contribution is 2.08. The molecule has 1 amide bonds. The van der Waals surface area contributed by atoms with Crippen molar-refractivity contribution >= 4 is 18.0 Å². The van der Waals surface area contributed by atoms with E-state index in [1.165, 1.54) is 19.3 Å². The van der Waals surface area contributed by atoms with E-state index in [1.807, 2.05) is 0 Å². The lowest BCUT2D eigenvalue weighted by Crippen LogP contribution is -2.43. The number of rotatable bonds is 6. The molecule has 0 aromatic carbocycles. The summed E-state index contributed by atoms with van der Waals surface area (Å²) in [5, 5.41) is 11.3. The zero-order valence-corrected chi connectivity index (χ0v) is 12.1. The van der Waals surface area contributed by atoms with E-state index >= 15 is 0 Å². The zero-order chi connectivity index (χ0) is 15.8. The van der Waals surface area contributed by atoms with Gasteiger partial charge in [0.1, 0.15) is 11.6 Å². The summed E-state index contributed by atoms with van der Waals surface area (Å²) < 4.78 is 9.37. The van der Waals surface area contributed by atoms with Crippen LogP contribution in [-0.2, 0) is 19.1 Å². The van der Waals surface area contributed by atoms with Crippen LogP contribution in [0.2, 0.25) is 0 Å².